The molecule has 0 bridgehead atoms. The van der Waals surface area contributed by atoms with Crippen molar-refractivity contribution in [3.8, 4) is 0 Å². The van der Waals surface area contributed by atoms with E-state index < -0.39 is 10.0 Å². The molecule has 1 aromatic heterocycles. The van der Waals surface area contributed by atoms with E-state index in [1.807, 2.05) is 0 Å². The van der Waals surface area contributed by atoms with E-state index in [4.69, 9.17) is 5.73 Å². The lowest BCUT2D eigenvalue weighted by Crippen LogP contribution is -2.24. The minimum Gasteiger partial charge on any atom is -0.369 e. The highest BCUT2D eigenvalue weighted by Crippen LogP contribution is 1.98. The summed E-state index contributed by atoms with van der Waals surface area (Å²) in [6.45, 7) is 0.314. The van der Waals surface area contributed by atoms with Gasteiger partial charge in [-0.3, -0.25) is 0 Å². The molecule has 0 aliphatic carbocycles. The first-order valence-electron chi connectivity index (χ1n) is 3.73. The lowest BCUT2D eigenvalue weighted by molar-refractivity contribution is 0.581. The van der Waals surface area contributed by atoms with E-state index in [9.17, 15) is 8.42 Å². The topological polar surface area (TPSA) is 90.0 Å². The molecule has 0 unspecified atom stereocenters. The minimum atomic E-state index is -3.17. The van der Waals surface area contributed by atoms with E-state index in [0.29, 0.717) is 12.5 Å². The Labute approximate surface area is 76.8 Å². The maximum atomic E-state index is 11.0. The van der Waals surface area contributed by atoms with Crippen molar-refractivity contribution < 1.29 is 8.42 Å². The number of nitrogens with one attached hydrogen (secondary N) is 1. The Kier molecular flexibility index (Phi) is 2.89. The quantitative estimate of drug-likeness (QED) is 0.659. The lowest BCUT2D eigenvalue weighted by atomic mass is 10.7. The van der Waals surface area contributed by atoms with Crippen LogP contribution in [0.1, 0.15) is 0 Å². The summed E-state index contributed by atoms with van der Waals surface area (Å²) in [5.74, 6) is 0.329. The number of nitrogens with two attached hydrogens (primary N) is 1. The molecule has 0 atom stereocenters. The Balaban J connectivity index is 2.58. The Morgan fingerprint density at radius 3 is 2.85 bits per heavy atom. The van der Waals surface area contributed by atoms with E-state index in [1.54, 1.807) is 10.8 Å². The van der Waals surface area contributed by atoms with Crippen molar-refractivity contribution in [3.05, 3.63) is 12.4 Å². The first-order valence-corrected chi connectivity index (χ1v) is 5.38. The minimum absolute atomic E-state index is 0.00403. The van der Waals surface area contributed by atoms with Gasteiger partial charge in [0.1, 0.15) is 0 Å². The van der Waals surface area contributed by atoms with Crippen molar-refractivity contribution in [2.75, 3.05) is 18.5 Å². The van der Waals surface area contributed by atoms with Gasteiger partial charge in [-0.1, -0.05) is 0 Å². The monoisotopic (exact) mass is 204 g/mol. The molecule has 3 N–H and O–H groups in total. The summed E-state index contributed by atoms with van der Waals surface area (Å²) in [7, 11) is -1.78. The summed E-state index contributed by atoms with van der Waals surface area (Å²) < 4.78 is 25.8. The fraction of sp³-hybridized carbons (Fsp3) is 0.500. The fourth-order valence-electron chi connectivity index (χ4n) is 0.850. The highest BCUT2D eigenvalue weighted by Gasteiger charge is 2.07. The Morgan fingerprint density at radius 1 is 1.69 bits per heavy atom. The third-order valence-electron chi connectivity index (χ3n) is 1.66. The van der Waals surface area contributed by atoms with Crippen LogP contribution in [-0.2, 0) is 16.6 Å². The summed E-state index contributed by atoms with van der Waals surface area (Å²) in [6.07, 6.45) is 3.17. The molecule has 0 saturated carbocycles. The van der Waals surface area contributed by atoms with Crippen LogP contribution in [0.15, 0.2) is 12.4 Å². The van der Waals surface area contributed by atoms with Crippen LogP contribution in [0.4, 0.5) is 5.95 Å². The molecule has 1 aromatic rings. The Bertz CT molecular complexity index is 370. The number of imidazole rings is 1. The summed E-state index contributed by atoms with van der Waals surface area (Å²) in [4.78, 5) is 3.77. The molecular weight excluding hydrogens is 192 g/mol. The molecule has 0 aliphatic heterocycles. The number of aromatic nitrogens is 2. The van der Waals surface area contributed by atoms with Gasteiger partial charge in [0.2, 0.25) is 10.0 Å². The average molecular weight is 204 g/mol. The van der Waals surface area contributed by atoms with E-state index in [0.717, 1.165) is 0 Å². The van der Waals surface area contributed by atoms with Crippen LogP contribution in [-0.4, -0.2) is 30.8 Å². The third-order valence-corrected chi connectivity index (χ3v) is 3.00. The Morgan fingerprint density at radius 2 is 2.38 bits per heavy atom. The highest BCUT2D eigenvalue weighted by molar-refractivity contribution is 7.89. The van der Waals surface area contributed by atoms with Crippen molar-refractivity contribution in [1.29, 1.82) is 0 Å². The lowest BCUT2D eigenvalue weighted by Gasteiger charge is -2.04. The average Bonchev–Trinajstić information content (AvgIpc) is 2.48. The molecular formula is C6H12N4O2S. The molecule has 0 aliphatic rings. The molecule has 1 heterocycles. The van der Waals surface area contributed by atoms with Gasteiger partial charge in [0.05, 0.1) is 5.75 Å². The molecule has 0 fully saturated rings. The third kappa shape index (κ3) is 2.71. The van der Waals surface area contributed by atoms with Crippen LogP contribution < -0.4 is 10.5 Å². The zero-order chi connectivity index (χ0) is 9.90. The molecule has 0 spiro atoms. The number of nitrogen functional groups attached to an aromatic ring is 1. The van der Waals surface area contributed by atoms with Crippen LogP contribution in [0.3, 0.4) is 0 Å². The van der Waals surface area contributed by atoms with Gasteiger partial charge in [0.15, 0.2) is 5.95 Å². The molecule has 7 heteroatoms. The van der Waals surface area contributed by atoms with E-state index in [1.165, 1.54) is 13.2 Å². The normalized spacial score (nSPS) is 11.8. The molecule has 74 valence electrons. The first kappa shape index (κ1) is 10.0. The predicted octanol–water partition coefficient (Wildman–Crippen LogP) is -0.985. The summed E-state index contributed by atoms with van der Waals surface area (Å²) in [6, 6.07) is 0. The van der Waals surface area contributed by atoms with Gasteiger partial charge < -0.3 is 10.3 Å². The van der Waals surface area contributed by atoms with E-state index in [-0.39, 0.29) is 5.75 Å². The number of nitrogens with zero attached hydrogens (tertiary/aromatic N) is 2. The fourth-order valence-corrected chi connectivity index (χ4v) is 1.49. The van der Waals surface area contributed by atoms with Crippen molar-refractivity contribution in [3.63, 3.8) is 0 Å². The van der Waals surface area contributed by atoms with Gasteiger partial charge in [-0.05, 0) is 7.05 Å². The standard InChI is InChI=1S/C6H12N4O2S/c1-8-13(11,12)5-4-10-3-2-9-6(10)7/h2-3,8H,4-5H2,1H3,(H2,7,9). The van der Waals surface area contributed by atoms with Crippen molar-refractivity contribution in [2.24, 2.45) is 0 Å². The molecule has 0 radical (unpaired) electrons. The predicted molar refractivity (Wildman–Crippen MR) is 49.5 cm³/mol. The van der Waals surface area contributed by atoms with Crippen molar-refractivity contribution in [2.45, 2.75) is 6.54 Å². The summed E-state index contributed by atoms with van der Waals surface area (Å²) in [5.41, 5.74) is 5.45. The molecule has 0 aromatic carbocycles. The van der Waals surface area contributed by atoms with Gasteiger partial charge in [-0.25, -0.2) is 18.1 Å². The molecule has 6 nitrogen and oxygen atoms in total. The van der Waals surface area contributed by atoms with Gasteiger partial charge in [-0.15, -0.1) is 0 Å². The molecule has 13 heavy (non-hydrogen) atoms. The molecule has 0 amide bonds. The maximum absolute atomic E-state index is 11.0. The van der Waals surface area contributed by atoms with Crippen LogP contribution in [0.2, 0.25) is 0 Å². The number of hydrogen-bond donors (Lipinski definition) is 2. The van der Waals surface area contributed by atoms with E-state index in [2.05, 4.69) is 9.71 Å². The second-order valence-corrected chi connectivity index (χ2v) is 4.55. The van der Waals surface area contributed by atoms with Crippen LogP contribution in [0.25, 0.3) is 0 Å². The van der Waals surface area contributed by atoms with Gasteiger partial charge in [0.25, 0.3) is 0 Å². The second-order valence-electron chi connectivity index (χ2n) is 2.50. The van der Waals surface area contributed by atoms with Gasteiger partial charge >= 0.3 is 0 Å². The number of aryl methyl sites for hydroxylation is 1. The largest absolute Gasteiger partial charge is 0.369 e. The van der Waals surface area contributed by atoms with Crippen LogP contribution in [0, 0.1) is 0 Å². The molecule has 0 saturated heterocycles. The highest BCUT2D eigenvalue weighted by atomic mass is 32.2. The Hall–Kier alpha value is -1.08. The second kappa shape index (κ2) is 3.75. The number of sulfonamides is 1. The zero-order valence-electron chi connectivity index (χ0n) is 7.27. The summed E-state index contributed by atoms with van der Waals surface area (Å²) >= 11 is 0. The van der Waals surface area contributed by atoms with Crippen LogP contribution >= 0.6 is 0 Å². The van der Waals surface area contributed by atoms with Gasteiger partial charge in [-0.2, -0.15) is 0 Å². The number of hydrogen-bond acceptors (Lipinski definition) is 4. The smallest absolute Gasteiger partial charge is 0.213 e. The number of rotatable bonds is 4. The zero-order valence-corrected chi connectivity index (χ0v) is 8.08. The summed E-state index contributed by atoms with van der Waals surface area (Å²) in [5, 5.41) is 0. The van der Waals surface area contributed by atoms with Crippen molar-refractivity contribution >= 4 is 16.0 Å². The van der Waals surface area contributed by atoms with E-state index >= 15 is 0 Å². The molecule has 1 rings (SSSR count). The van der Waals surface area contributed by atoms with Crippen LogP contribution in [0.5, 0.6) is 0 Å². The number of anilines is 1. The maximum Gasteiger partial charge on any atom is 0.213 e. The van der Waals surface area contributed by atoms with Crippen molar-refractivity contribution in [1.82, 2.24) is 14.3 Å². The van der Waals surface area contributed by atoms with Gasteiger partial charge in [0, 0.05) is 18.9 Å². The SMILES string of the molecule is CNS(=O)(=O)CCn1ccnc1N. The first-order chi connectivity index (χ1) is 6.05.